The van der Waals surface area contributed by atoms with Gasteiger partial charge < -0.3 is 4.74 Å². The maximum Gasteiger partial charge on any atom is 0.137 e. The first-order valence-electron chi connectivity index (χ1n) is 6.31. The van der Waals surface area contributed by atoms with Crippen molar-refractivity contribution in [2.45, 2.75) is 6.04 Å². The van der Waals surface area contributed by atoms with Crippen LogP contribution in [0.3, 0.4) is 0 Å². The molecule has 6 nitrogen and oxygen atoms in total. The Kier molecular flexibility index (Phi) is 3.74. The number of aromatic nitrogens is 3. The predicted octanol–water partition coefficient (Wildman–Crippen LogP) is 1.94. The minimum absolute atomic E-state index is 0.238. The molecule has 1 atom stereocenters. The summed E-state index contributed by atoms with van der Waals surface area (Å²) in [6, 6.07) is 5.30. The maximum absolute atomic E-state index is 6.06. The number of hydrogen-bond acceptors (Lipinski definition) is 5. The summed E-state index contributed by atoms with van der Waals surface area (Å²) in [4.78, 5) is 4.13. The van der Waals surface area contributed by atoms with Crippen molar-refractivity contribution in [1.29, 1.82) is 0 Å². The van der Waals surface area contributed by atoms with Crippen molar-refractivity contribution in [3.63, 3.8) is 0 Å². The van der Waals surface area contributed by atoms with E-state index in [2.05, 4.69) is 15.5 Å². The molecule has 0 radical (unpaired) electrons. The van der Waals surface area contributed by atoms with E-state index >= 15 is 0 Å². The molecule has 3 rings (SSSR count). The molecule has 0 aliphatic carbocycles. The van der Waals surface area contributed by atoms with E-state index in [1.54, 1.807) is 42.5 Å². The van der Waals surface area contributed by atoms with Crippen molar-refractivity contribution >= 4 is 17.1 Å². The van der Waals surface area contributed by atoms with Crippen LogP contribution in [0.15, 0.2) is 43.0 Å². The van der Waals surface area contributed by atoms with Crippen LogP contribution in [0.25, 0.3) is 5.52 Å². The van der Waals surface area contributed by atoms with E-state index < -0.39 is 0 Å². The molecule has 0 aliphatic heterocycles. The molecule has 0 aliphatic rings. The first-order chi connectivity index (χ1) is 10.2. The van der Waals surface area contributed by atoms with E-state index in [4.69, 9.17) is 22.2 Å². The SMILES string of the molecule is COc1cc(C(NN)c2cnn3ccncc23)ccc1Cl. The molecule has 2 aromatic heterocycles. The highest BCUT2D eigenvalue weighted by atomic mass is 35.5. The average molecular weight is 304 g/mol. The Morgan fingerprint density at radius 3 is 3.00 bits per heavy atom. The zero-order chi connectivity index (χ0) is 14.8. The van der Waals surface area contributed by atoms with Crippen LogP contribution >= 0.6 is 11.6 Å². The molecule has 1 aromatic carbocycles. The summed E-state index contributed by atoms with van der Waals surface area (Å²) in [5.74, 6) is 6.34. The summed E-state index contributed by atoms with van der Waals surface area (Å²) in [6.45, 7) is 0. The molecule has 108 valence electrons. The quantitative estimate of drug-likeness (QED) is 0.569. The third-order valence-corrected chi connectivity index (χ3v) is 3.65. The van der Waals surface area contributed by atoms with E-state index in [-0.39, 0.29) is 6.04 Å². The summed E-state index contributed by atoms with van der Waals surface area (Å²) < 4.78 is 7.00. The number of halogens is 1. The molecule has 3 aromatic rings. The number of rotatable bonds is 4. The molecule has 21 heavy (non-hydrogen) atoms. The minimum Gasteiger partial charge on any atom is -0.495 e. The van der Waals surface area contributed by atoms with Gasteiger partial charge in [0.1, 0.15) is 5.75 Å². The number of nitrogens with two attached hydrogens (primary N) is 1. The summed E-state index contributed by atoms with van der Waals surface area (Å²) in [5, 5.41) is 4.85. The summed E-state index contributed by atoms with van der Waals surface area (Å²) in [5.41, 5.74) is 5.54. The van der Waals surface area contributed by atoms with Gasteiger partial charge in [-0.3, -0.25) is 10.8 Å². The van der Waals surface area contributed by atoms with Gasteiger partial charge in [-0.15, -0.1) is 0 Å². The van der Waals surface area contributed by atoms with Gasteiger partial charge in [0.2, 0.25) is 0 Å². The number of hydrogen-bond donors (Lipinski definition) is 2. The highest BCUT2D eigenvalue weighted by Crippen LogP contribution is 2.31. The Morgan fingerprint density at radius 1 is 1.38 bits per heavy atom. The fraction of sp³-hybridized carbons (Fsp3) is 0.143. The zero-order valence-corrected chi connectivity index (χ0v) is 12.1. The molecule has 3 N–H and O–H groups in total. The molecule has 0 fully saturated rings. The number of hydrazine groups is 1. The van der Waals surface area contributed by atoms with Gasteiger partial charge in [-0.25, -0.2) is 9.94 Å². The number of benzene rings is 1. The van der Waals surface area contributed by atoms with Crippen molar-refractivity contribution in [3.05, 3.63) is 59.1 Å². The Balaban J connectivity index is 2.10. The Hall–Kier alpha value is -2.15. The highest BCUT2D eigenvalue weighted by Gasteiger charge is 2.18. The monoisotopic (exact) mass is 303 g/mol. The lowest BCUT2D eigenvalue weighted by molar-refractivity contribution is 0.414. The number of ether oxygens (including phenoxy) is 1. The Labute approximate surface area is 126 Å². The first kappa shape index (κ1) is 13.8. The van der Waals surface area contributed by atoms with Gasteiger partial charge in [0.05, 0.1) is 36.1 Å². The second-order valence-electron chi connectivity index (χ2n) is 4.50. The van der Waals surface area contributed by atoms with Crippen molar-refractivity contribution in [2.24, 2.45) is 5.84 Å². The van der Waals surface area contributed by atoms with Gasteiger partial charge in [0, 0.05) is 18.0 Å². The van der Waals surface area contributed by atoms with E-state index in [1.165, 1.54) is 0 Å². The van der Waals surface area contributed by atoms with Crippen molar-refractivity contribution < 1.29 is 4.74 Å². The number of nitrogens with one attached hydrogen (secondary N) is 1. The topological polar surface area (TPSA) is 77.5 Å². The molecule has 2 heterocycles. The van der Waals surface area contributed by atoms with Crippen LogP contribution in [0.2, 0.25) is 5.02 Å². The van der Waals surface area contributed by atoms with Gasteiger partial charge in [-0.05, 0) is 17.7 Å². The Bertz CT molecular complexity index is 773. The summed E-state index contributed by atoms with van der Waals surface area (Å²) in [7, 11) is 1.58. The maximum atomic E-state index is 6.06. The number of methoxy groups -OCH3 is 1. The van der Waals surface area contributed by atoms with E-state index in [0.29, 0.717) is 10.8 Å². The van der Waals surface area contributed by atoms with Crippen LogP contribution in [0, 0.1) is 0 Å². The van der Waals surface area contributed by atoms with Crippen molar-refractivity contribution in [3.8, 4) is 5.75 Å². The van der Waals surface area contributed by atoms with Crippen LogP contribution in [-0.2, 0) is 0 Å². The van der Waals surface area contributed by atoms with Crippen LogP contribution in [0.5, 0.6) is 5.75 Å². The van der Waals surface area contributed by atoms with Gasteiger partial charge in [0.25, 0.3) is 0 Å². The van der Waals surface area contributed by atoms with Gasteiger partial charge in [-0.1, -0.05) is 17.7 Å². The smallest absolute Gasteiger partial charge is 0.137 e. The standard InChI is InChI=1S/C14H14ClN5O/c1-21-13-6-9(2-3-11(13)15)14(19-16)10-7-18-20-5-4-17-8-12(10)20/h2-8,14,19H,16H2,1H3. The van der Waals surface area contributed by atoms with Crippen LogP contribution in [0.1, 0.15) is 17.2 Å². The predicted molar refractivity (Wildman–Crippen MR) is 80.2 cm³/mol. The lowest BCUT2D eigenvalue weighted by Crippen LogP contribution is -2.28. The second-order valence-corrected chi connectivity index (χ2v) is 4.91. The van der Waals surface area contributed by atoms with Gasteiger partial charge in [0.15, 0.2) is 0 Å². The van der Waals surface area contributed by atoms with Crippen LogP contribution in [-0.4, -0.2) is 21.7 Å². The molecule has 0 saturated carbocycles. The molecular weight excluding hydrogens is 290 g/mol. The van der Waals surface area contributed by atoms with E-state index in [1.807, 2.05) is 12.1 Å². The van der Waals surface area contributed by atoms with E-state index in [9.17, 15) is 0 Å². The number of fused-ring (bicyclic) bond motifs is 1. The van der Waals surface area contributed by atoms with Crippen molar-refractivity contribution in [2.75, 3.05) is 7.11 Å². The first-order valence-corrected chi connectivity index (χ1v) is 6.69. The Morgan fingerprint density at radius 2 is 2.24 bits per heavy atom. The third-order valence-electron chi connectivity index (χ3n) is 3.34. The third kappa shape index (κ3) is 2.44. The summed E-state index contributed by atoms with van der Waals surface area (Å²) in [6.07, 6.45) is 6.98. The molecule has 1 unspecified atom stereocenters. The fourth-order valence-electron chi connectivity index (χ4n) is 2.30. The zero-order valence-electron chi connectivity index (χ0n) is 11.3. The number of nitrogens with zero attached hydrogens (tertiary/aromatic N) is 3. The molecule has 0 amide bonds. The lowest BCUT2D eigenvalue weighted by Gasteiger charge is -2.16. The van der Waals surface area contributed by atoms with Crippen LogP contribution in [0.4, 0.5) is 0 Å². The second kappa shape index (κ2) is 5.69. The molecule has 0 bridgehead atoms. The minimum atomic E-state index is -0.238. The van der Waals surface area contributed by atoms with Gasteiger partial charge >= 0.3 is 0 Å². The highest BCUT2D eigenvalue weighted by molar-refractivity contribution is 6.32. The van der Waals surface area contributed by atoms with Crippen LogP contribution < -0.4 is 16.0 Å². The van der Waals surface area contributed by atoms with Gasteiger partial charge in [-0.2, -0.15) is 5.10 Å². The molecule has 7 heteroatoms. The largest absolute Gasteiger partial charge is 0.495 e. The molecule has 0 saturated heterocycles. The molecular formula is C14H14ClN5O. The van der Waals surface area contributed by atoms with E-state index in [0.717, 1.165) is 16.6 Å². The lowest BCUT2D eigenvalue weighted by atomic mass is 10.0. The fourth-order valence-corrected chi connectivity index (χ4v) is 2.49. The summed E-state index contributed by atoms with van der Waals surface area (Å²) >= 11 is 6.06. The van der Waals surface area contributed by atoms with Crippen molar-refractivity contribution in [1.82, 2.24) is 20.0 Å². The normalized spacial score (nSPS) is 12.5. The molecule has 0 spiro atoms. The average Bonchev–Trinajstić information content (AvgIpc) is 2.94.